The zero-order chi connectivity index (χ0) is 9.84. The zero-order valence-corrected chi connectivity index (χ0v) is 10.5. The number of furan rings is 1. The Bertz CT molecular complexity index is 331. The Morgan fingerprint density at radius 2 is 2.14 bits per heavy atom. The molecular weight excluding hydrogens is 193 g/mol. The summed E-state index contributed by atoms with van der Waals surface area (Å²) in [6.45, 7) is 0. The van der Waals surface area contributed by atoms with E-state index in [0.29, 0.717) is 11.6 Å². The Balaban J connectivity index is 0.00000169. The molecule has 0 spiro atoms. The van der Waals surface area contributed by atoms with Gasteiger partial charge in [-0.3, -0.25) is 0 Å². The smallest absolute Gasteiger partial charge is 0.545 e. The third kappa shape index (κ3) is 4.00. The molecule has 0 aliphatic carbocycles. The van der Waals surface area contributed by atoms with Gasteiger partial charge < -0.3 is 19.2 Å². The molecule has 5 heteroatoms. The van der Waals surface area contributed by atoms with Gasteiger partial charge in [0.25, 0.3) is 0 Å². The molecule has 0 amide bonds. The maximum absolute atomic E-state index is 10.1. The summed E-state index contributed by atoms with van der Waals surface area (Å²) in [4.78, 5) is 11.9. The van der Waals surface area contributed by atoms with E-state index in [4.69, 9.17) is 4.42 Å². The molecule has 1 heterocycles. The summed E-state index contributed by atoms with van der Waals surface area (Å²) < 4.78 is 5.24. The predicted molar refractivity (Wildman–Crippen MR) is 47.1 cm³/mol. The number of carbonyl (C=O) groups is 1. The SMILES string of the molecule is CN(C)c1ccc(/C=C/C(=O)[O-])o1.[Na+]. The molecule has 70 valence electrons. The second kappa shape index (κ2) is 5.90. The molecule has 0 saturated carbocycles. The largest absolute Gasteiger partial charge is 1.00 e. The monoisotopic (exact) mass is 203 g/mol. The van der Waals surface area contributed by atoms with E-state index in [9.17, 15) is 9.90 Å². The Kier molecular flexibility index (Phi) is 5.60. The van der Waals surface area contributed by atoms with Crippen LogP contribution in [0.1, 0.15) is 5.76 Å². The summed E-state index contributed by atoms with van der Waals surface area (Å²) in [6.07, 6.45) is 2.28. The number of nitrogens with zero attached hydrogens (tertiary/aromatic N) is 1. The third-order valence-electron chi connectivity index (χ3n) is 1.44. The zero-order valence-electron chi connectivity index (χ0n) is 8.48. The van der Waals surface area contributed by atoms with Gasteiger partial charge in [0.2, 0.25) is 0 Å². The summed E-state index contributed by atoms with van der Waals surface area (Å²) in [5, 5.41) is 10.1. The maximum Gasteiger partial charge on any atom is 1.00 e. The number of carboxylic acid groups (broad SMARTS) is 1. The van der Waals surface area contributed by atoms with E-state index in [1.807, 2.05) is 14.1 Å². The molecule has 0 aliphatic heterocycles. The summed E-state index contributed by atoms with van der Waals surface area (Å²) in [5.74, 6) is -0.0614. The molecule has 14 heavy (non-hydrogen) atoms. The summed E-state index contributed by atoms with van der Waals surface area (Å²) in [7, 11) is 3.68. The number of hydrogen-bond donors (Lipinski definition) is 0. The quantitative estimate of drug-likeness (QED) is 0.391. The van der Waals surface area contributed by atoms with Gasteiger partial charge in [0.1, 0.15) is 5.76 Å². The number of carboxylic acids is 1. The maximum atomic E-state index is 10.1. The van der Waals surface area contributed by atoms with Gasteiger partial charge in [0.05, 0.1) is 5.97 Å². The Labute approximate surface area is 104 Å². The van der Waals surface area contributed by atoms with Gasteiger partial charge in [-0.25, -0.2) is 0 Å². The minimum Gasteiger partial charge on any atom is -0.545 e. The van der Waals surface area contributed by atoms with E-state index in [1.165, 1.54) is 6.08 Å². The fourth-order valence-corrected chi connectivity index (χ4v) is 0.822. The van der Waals surface area contributed by atoms with Crippen molar-refractivity contribution in [1.82, 2.24) is 0 Å². The van der Waals surface area contributed by atoms with Gasteiger partial charge in [0, 0.05) is 20.2 Å². The number of anilines is 1. The molecule has 0 aliphatic rings. The first-order valence-corrected chi connectivity index (χ1v) is 3.76. The molecule has 0 bridgehead atoms. The van der Waals surface area contributed by atoms with Gasteiger partial charge in [-0.2, -0.15) is 0 Å². The van der Waals surface area contributed by atoms with Crippen molar-refractivity contribution in [1.29, 1.82) is 0 Å². The second-order valence-corrected chi connectivity index (χ2v) is 2.72. The van der Waals surface area contributed by atoms with Gasteiger partial charge in [0.15, 0.2) is 5.88 Å². The van der Waals surface area contributed by atoms with Gasteiger partial charge in [-0.1, -0.05) is 0 Å². The van der Waals surface area contributed by atoms with Crippen molar-refractivity contribution in [2.75, 3.05) is 19.0 Å². The fourth-order valence-electron chi connectivity index (χ4n) is 0.822. The molecular formula is C9H10NNaO3. The average molecular weight is 203 g/mol. The molecule has 0 unspecified atom stereocenters. The van der Waals surface area contributed by atoms with Crippen molar-refractivity contribution in [3.63, 3.8) is 0 Å². The van der Waals surface area contributed by atoms with E-state index in [1.54, 1.807) is 17.0 Å². The van der Waals surface area contributed by atoms with E-state index in [0.717, 1.165) is 6.08 Å². The third-order valence-corrected chi connectivity index (χ3v) is 1.44. The molecule has 1 aromatic rings. The first-order chi connectivity index (χ1) is 6.09. The summed E-state index contributed by atoms with van der Waals surface area (Å²) in [6, 6.07) is 3.45. The molecule has 0 saturated heterocycles. The van der Waals surface area contributed by atoms with Crippen molar-refractivity contribution in [2.45, 2.75) is 0 Å². The number of rotatable bonds is 3. The first kappa shape index (κ1) is 13.3. The standard InChI is InChI=1S/C9H11NO3.Na/c1-10(2)8-5-3-7(13-8)4-6-9(11)12;/h3-6H,1-2H3,(H,11,12);/q;+1/p-1/b6-4+;. The van der Waals surface area contributed by atoms with Crippen molar-refractivity contribution >= 4 is 17.9 Å². The normalized spacial score (nSPS) is 9.86. The topological polar surface area (TPSA) is 56.5 Å². The molecule has 0 N–H and O–H groups in total. The van der Waals surface area contributed by atoms with Crippen LogP contribution in [0.15, 0.2) is 22.6 Å². The molecule has 0 aromatic carbocycles. The van der Waals surface area contributed by atoms with Crippen molar-refractivity contribution in [3.8, 4) is 0 Å². The van der Waals surface area contributed by atoms with Crippen LogP contribution in [-0.4, -0.2) is 20.1 Å². The number of hydrogen-bond acceptors (Lipinski definition) is 4. The van der Waals surface area contributed by atoms with Gasteiger partial charge in [-0.05, 0) is 18.2 Å². The Hall–Kier alpha value is -0.710. The van der Waals surface area contributed by atoms with E-state index in [-0.39, 0.29) is 29.6 Å². The van der Waals surface area contributed by atoms with Crippen LogP contribution in [0, 0.1) is 0 Å². The molecule has 4 nitrogen and oxygen atoms in total. The van der Waals surface area contributed by atoms with Crippen LogP contribution in [0.3, 0.4) is 0 Å². The van der Waals surface area contributed by atoms with Crippen LogP contribution in [0.25, 0.3) is 6.08 Å². The fraction of sp³-hybridized carbons (Fsp3) is 0.222. The number of carbonyl (C=O) groups excluding carboxylic acids is 1. The van der Waals surface area contributed by atoms with Crippen LogP contribution in [-0.2, 0) is 4.79 Å². The van der Waals surface area contributed by atoms with Crippen LogP contribution in [0.5, 0.6) is 0 Å². The van der Waals surface area contributed by atoms with Gasteiger partial charge >= 0.3 is 29.6 Å². The summed E-state index contributed by atoms with van der Waals surface area (Å²) >= 11 is 0. The first-order valence-electron chi connectivity index (χ1n) is 3.76. The van der Waals surface area contributed by atoms with Crippen molar-refractivity contribution < 1.29 is 43.9 Å². The van der Waals surface area contributed by atoms with E-state index >= 15 is 0 Å². The van der Waals surface area contributed by atoms with E-state index in [2.05, 4.69) is 0 Å². The van der Waals surface area contributed by atoms with Crippen LogP contribution in [0.4, 0.5) is 5.88 Å². The molecule has 1 rings (SSSR count). The Morgan fingerprint density at radius 1 is 1.50 bits per heavy atom. The minimum absolute atomic E-state index is 0. The van der Waals surface area contributed by atoms with E-state index < -0.39 is 5.97 Å². The van der Waals surface area contributed by atoms with Crippen molar-refractivity contribution in [2.24, 2.45) is 0 Å². The average Bonchev–Trinajstić information content (AvgIpc) is 2.48. The summed E-state index contributed by atoms with van der Waals surface area (Å²) in [5.41, 5.74) is 0. The molecule has 0 fully saturated rings. The predicted octanol–water partition coefficient (Wildman–Crippen LogP) is -2.89. The molecule has 0 atom stereocenters. The number of aliphatic carboxylic acids is 1. The minimum atomic E-state index is -1.23. The van der Waals surface area contributed by atoms with Crippen LogP contribution >= 0.6 is 0 Å². The van der Waals surface area contributed by atoms with Crippen LogP contribution in [0.2, 0.25) is 0 Å². The molecule has 1 aromatic heterocycles. The van der Waals surface area contributed by atoms with Crippen LogP contribution < -0.4 is 39.6 Å². The Morgan fingerprint density at radius 3 is 2.57 bits per heavy atom. The van der Waals surface area contributed by atoms with Gasteiger partial charge in [-0.15, -0.1) is 0 Å². The molecule has 0 radical (unpaired) electrons. The van der Waals surface area contributed by atoms with Crippen molar-refractivity contribution in [3.05, 3.63) is 24.0 Å². The second-order valence-electron chi connectivity index (χ2n) is 2.72.